The summed E-state index contributed by atoms with van der Waals surface area (Å²) < 4.78 is 33.3. The number of thiophene rings is 1. The number of nitrogens with zero attached hydrogens (tertiary/aromatic N) is 1. The van der Waals surface area contributed by atoms with Crippen LogP contribution < -0.4 is 10.5 Å². The molecule has 1 aromatic carbocycles. The number of amides is 1. The Bertz CT molecular complexity index is 949. The number of thiazole rings is 1. The highest BCUT2D eigenvalue weighted by molar-refractivity contribution is 7.15. The maximum Gasteiger partial charge on any atom is 0.261 e. The lowest BCUT2D eigenvalue weighted by molar-refractivity contribution is -0.133. The van der Waals surface area contributed by atoms with Crippen LogP contribution in [0.1, 0.15) is 29.8 Å². The van der Waals surface area contributed by atoms with Crippen LogP contribution in [0.4, 0.5) is 8.78 Å². The van der Waals surface area contributed by atoms with Gasteiger partial charge in [0.15, 0.2) is 17.2 Å². The van der Waals surface area contributed by atoms with Crippen LogP contribution in [0.15, 0.2) is 41.2 Å². The molecule has 3 aromatic rings. The van der Waals surface area contributed by atoms with Crippen molar-refractivity contribution in [2.75, 3.05) is 0 Å². The molecule has 27 heavy (non-hydrogen) atoms. The van der Waals surface area contributed by atoms with E-state index in [1.807, 2.05) is 16.8 Å². The molecular formula is C18H15ClF2N2O2S2. The van der Waals surface area contributed by atoms with Crippen molar-refractivity contribution >= 4 is 40.2 Å². The van der Waals surface area contributed by atoms with E-state index in [1.165, 1.54) is 35.8 Å². The van der Waals surface area contributed by atoms with Crippen LogP contribution in [0.2, 0.25) is 4.34 Å². The molecule has 0 bridgehead atoms. The van der Waals surface area contributed by atoms with Crippen molar-refractivity contribution in [3.63, 3.8) is 0 Å². The van der Waals surface area contributed by atoms with Gasteiger partial charge in [-0.05, 0) is 41.4 Å². The van der Waals surface area contributed by atoms with Gasteiger partial charge in [0.25, 0.3) is 5.91 Å². The van der Waals surface area contributed by atoms with E-state index in [0.717, 1.165) is 17.7 Å². The van der Waals surface area contributed by atoms with Gasteiger partial charge in [-0.2, -0.15) is 11.3 Å². The third-order valence-corrected chi connectivity index (χ3v) is 6.01. The van der Waals surface area contributed by atoms with Crippen molar-refractivity contribution in [2.45, 2.75) is 24.9 Å². The molecule has 2 heterocycles. The Hall–Kier alpha value is -2.03. The fraction of sp³-hybridized carbons (Fsp3) is 0.222. The van der Waals surface area contributed by atoms with E-state index in [1.54, 1.807) is 0 Å². The average molecular weight is 429 g/mol. The molecule has 0 saturated carbocycles. The van der Waals surface area contributed by atoms with Gasteiger partial charge in [-0.1, -0.05) is 11.6 Å². The number of halogens is 3. The zero-order valence-corrected chi connectivity index (χ0v) is 16.5. The van der Waals surface area contributed by atoms with Crippen molar-refractivity contribution < 1.29 is 18.3 Å². The molecule has 0 saturated heterocycles. The summed E-state index contributed by atoms with van der Waals surface area (Å²) >= 11 is 8.80. The molecule has 0 spiro atoms. The molecule has 2 N–H and O–H groups in total. The van der Waals surface area contributed by atoms with Crippen LogP contribution in [0.5, 0.6) is 5.75 Å². The van der Waals surface area contributed by atoms with Gasteiger partial charge in [-0.3, -0.25) is 4.79 Å². The second kappa shape index (κ2) is 7.92. The first-order valence-electron chi connectivity index (χ1n) is 7.86. The molecule has 142 valence electrons. The molecule has 0 aliphatic rings. The van der Waals surface area contributed by atoms with Gasteiger partial charge in [-0.25, -0.2) is 13.8 Å². The highest BCUT2D eigenvalue weighted by atomic mass is 35.5. The van der Waals surface area contributed by atoms with Crippen molar-refractivity contribution in [1.82, 2.24) is 4.98 Å². The monoisotopic (exact) mass is 428 g/mol. The van der Waals surface area contributed by atoms with Gasteiger partial charge in [0, 0.05) is 18.4 Å². The molecule has 2 unspecified atom stereocenters. The summed E-state index contributed by atoms with van der Waals surface area (Å²) in [5.74, 6) is -3.00. The Labute approximate surface area is 167 Å². The van der Waals surface area contributed by atoms with E-state index in [-0.39, 0.29) is 18.1 Å². The summed E-state index contributed by atoms with van der Waals surface area (Å²) in [6.45, 7) is 1.48. The minimum Gasteiger partial charge on any atom is -0.475 e. The summed E-state index contributed by atoms with van der Waals surface area (Å²) in [6.07, 6.45) is 1.64. The average Bonchev–Trinajstić information content (AvgIpc) is 3.27. The molecule has 3 rings (SSSR count). The van der Waals surface area contributed by atoms with Crippen LogP contribution in [-0.4, -0.2) is 16.5 Å². The summed E-state index contributed by atoms with van der Waals surface area (Å²) in [7, 11) is 0. The molecule has 0 aliphatic heterocycles. The van der Waals surface area contributed by atoms with Crippen molar-refractivity contribution in [2.24, 2.45) is 5.73 Å². The first kappa shape index (κ1) is 19.7. The van der Waals surface area contributed by atoms with Gasteiger partial charge in [0.1, 0.15) is 15.2 Å². The summed E-state index contributed by atoms with van der Waals surface area (Å²) in [6, 6.07) is 4.78. The fourth-order valence-corrected chi connectivity index (χ4v) is 4.40. The summed E-state index contributed by atoms with van der Waals surface area (Å²) in [5.41, 5.74) is 4.95. The zero-order chi connectivity index (χ0) is 19.6. The molecule has 0 radical (unpaired) electrons. The molecule has 2 atom stereocenters. The second-order valence-electron chi connectivity index (χ2n) is 6.09. The first-order valence-corrected chi connectivity index (χ1v) is 9.99. The number of benzene rings is 1. The number of carbonyl (C=O) groups is 1. The summed E-state index contributed by atoms with van der Waals surface area (Å²) in [5, 5.41) is 4.52. The zero-order valence-electron chi connectivity index (χ0n) is 14.1. The fourth-order valence-electron chi connectivity index (χ4n) is 2.63. The number of rotatable bonds is 7. The Morgan fingerprint density at radius 1 is 1.41 bits per heavy atom. The minimum atomic E-state index is -1.55. The topological polar surface area (TPSA) is 65.2 Å². The lowest BCUT2D eigenvalue weighted by Crippen LogP contribution is -2.47. The first-order chi connectivity index (χ1) is 12.8. The van der Waals surface area contributed by atoms with Gasteiger partial charge in [0.2, 0.25) is 0 Å². The van der Waals surface area contributed by atoms with Crippen LogP contribution in [-0.2, 0) is 4.79 Å². The maximum absolute atomic E-state index is 14.0. The van der Waals surface area contributed by atoms with Crippen LogP contribution in [0.25, 0.3) is 0 Å². The maximum atomic E-state index is 14.0. The smallest absolute Gasteiger partial charge is 0.261 e. The second-order valence-corrected chi connectivity index (χ2v) is 8.56. The van der Waals surface area contributed by atoms with E-state index in [2.05, 4.69) is 4.98 Å². The Morgan fingerprint density at radius 3 is 2.74 bits per heavy atom. The quantitative estimate of drug-likeness (QED) is 0.577. The Morgan fingerprint density at radius 2 is 2.19 bits per heavy atom. The standard InChI is InChI=1S/C18H15ClF2N2O2S2/c1-18(17(22)24,25-14-3-2-11(20)6-13(14)21)7-12(10-4-5-26-9-10)16-23-8-15(19)27-16/h2-6,8-9,12H,7H2,1H3,(H2,22,24). The molecule has 9 heteroatoms. The van der Waals surface area contributed by atoms with Gasteiger partial charge >= 0.3 is 0 Å². The van der Waals surface area contributed by atoms with Crippen molar-refractivity contribution in [3.8, 4) is 5.75 Å². The number of nitrogens with two attached hydrogens (primary N) is 1. The molecule has 1 amide bonds. The van der Waals surface area contributed by atoms with Crippen molar-refractivity contribution in [1.29, 1.82) is 0 Å². The molecule has 0 aliphatic carbocycles. The van der Waals surface area contributed by atoms with Gasteiger partial charge in [-0.15, -0.1) is 11.3 Å². The van der Waals surface area contributed by atoms with Crippen molar-refractivity contribution in [3.05, 3.63) is 67.8 Å². The van der Waals surface area contributed by atoms with Crippen LogP contribution in [0, 0.1) is 11.6 Å². The van der Waals surface area contributed by atoms with E-state index in [0.29, 0.717) is 15.4 Å². The van der Waals surface area contributed by atoms with E-state index < -0.39 is 23.1 Å². The molecule has 4 nitrogen and oxygen atoms in total. The highest BCUT2D eigenvalue weighted by Gasteiger charge is 2.39. The summed E-state index contributed by atoms with van der Waals surface area (Å²) in [4.78, 5) is 16.5. The van der Waals surface area contributed by atoms with Gasteiger partial charge < -0.3 is 10.5 Å². The van der Waals surface area contributed by atoms with E-state index in [9.17, 15) is 13.6 Å². The third kappa shape index (κ3) is 4.45. The van der Waals surface area contributed by atoms with Gasteiger partial charge in [0.05, 0.1) is 6.20 Å². The lowest BCUT2D eigenvalue weighted by atomic mass is 9.87. The number of carbonyl (C=O) groups excluding carboxylic acids is 1. The number of ether oxygens (including phenoxy) is 1. The van der Waals surface area contributed by atoms with E-state index >= 15 is 0 Å². The number of hydrogen-bond donors (Lipinski definition) is 1. The molecule has 2 aromatic heterocycles. The highest BCUT2D eigenvalue weighted by Crippen LogP contribution is 2.38. The molecule has 0 fully saturated rings. The normalized spacial score (nSPS) is 14.5. The Kier molecular flexibility index (Phi) is 5.78. The third-order valence-electron chi connectivity index (χ3n) is 4.08. The SMILES string of the molecule is CC(CC(c1ccsc1)c1ncc(Cl)s1)(Oc1ccc(F)cc1F)C(N)=O. The lowest BCUT2D eigenvalue weighted by Gasteiger charge is -2.30. The van der Waals surface area contributed by atoms with E-state index in [4.69, 9.17) is 22.1 Å². The number of aromatic nitrogens is 1. The van der Waals surface area contributed by atoms with Crippen LogP contribution in [0.3, 0.4) is 0 Å². The Balaban J connectivity index is 1.96. The van der Waals surface area contributed by atoms with Crippen LogP contribution >= 0.6 is 34.3 Å². The number of hydrogen-bond acceptors (Lipinski definition) is 5. The molecular weight excluding hydrogens is 414 g/mol. The minimum absolute atomic E-state index is 0.111. The number of primary amides is 1. The predicted octanol–water partition coefficient (Wildman–Crippen LogP) is 4.98. The predicted molar refractivity (Wildman–Crippen MR) is 102 cm³/mol. The largest absolute Gasteiger partial charge is 0.475 e.